The number of hydrogen-bond donors (Lipinski definition) is 1. The van der Waals surface area contributed by atoms with E-state index in [2.05, 4.69) is 34.6 Å². The van der Waals surface area contributed by atoms with Crippen molar-refractivity contribution in [2.24, 2.45) is 22.5 Å². The van der Waals surface area contributed by atoms with Gasteiger partial charge in [-0.25, -0.2) is 0 Å². The summed E-state index contributed by atoms with van der Waals surface area (Å²) in [6.07, 6.45) is 7.93. The topological polar surface area (TPSA) is 26.0 Å². The predicted molar refractivity (Wildman–Crippen MR) is 72.4 cm³/mol. The fraction of sp³-hybridized carbons (Fsp3) is 1.00. The summed E-state index contributed by atoms with van der Waals surface area (Å²) < 4.78 is 0. The van der Waals surface area contributed by atoms with Crippen molar-refractivity contribution < 1.29 is 0 Å². The molecule has 0 aromatic rings. The maximum absolute atomic E-state index is 6.43. The second-order valence-corrected chi connectivity index (χ2v) is 7.60. The fourth-order valence-corrected chi connectivity index (χ4v) is 3.12. The normalized spacial score (nSPS) is 27.8. The lowest BCUT2D eigenvalue weighted by Gasteiger charge is -2.42. The highest BCUT2D eigenvalue weighted by Gasteiger charge is 2.35. The van der Waals surface area contributed by atoms with E-state index < -0.39 is 0 Å². The van der Waals surface area contributed by atoms with Crippen molar-refractivity contribution in [2.45, 2.75) is 79.2 Å². The molecule has 2 unspecified atom stereocenters. The molecule has 96 valence electrons. The molecule has 0 bridgehead atoms. The Bertz CT molecular complexity index is 212. The Labute approximate surface area is 102 Å². The van der Waals surface area contributed by atoms with Gasteiger partial charge in [0.1, 0.15) is 0 Å². The van der Waals surface area contributed by atoms with Crippen molar-refractivity contribution in [3.05, 3.63) is 0 Å². The number of hydrogen-bond acceptors (Lipinski definition) is 1. The molecule has 1 fully saturated rings. The number of rotatable bonds is 3. The molecule has 2 atom stereocenters. The van der Waals surface area contributed by atoms with Gasteiger partial charge >= 0.3 is 0 Å². The predicted octanol–water partition coefficient (Wildman–Crippen LogP) is 4.36. The largest absolute Gasteiger partial charge is 0.327 e. The molecule has 0 radical (unpaired) electrons. The monoisotopic (exact) mass is 225 g/mol. The van der Waals surface area contributed by atoms with Crippen LogP contribution in [0.3, 0.4) is 0 Å². The molecule has 0 heterocycles. The van der Waals surface area contributed by atoms with Crippen LogP contribution in [0.5, 0.6) is 0 Å². The van der Waals surface area contributed by atoms with Crippen molar-refractivity contribution >= 4 is 0 Å². The van der Waals surface area contributed by atoms with E-state index in [4.69, 9.17) is 5.73 Å². The summed E-state index contributed by atoms with van der Waals surface area (Å²) in [6, 6.07) is 0.412. The van der Waals surface area contributed by atoms with Gasteiger partial charge in [0.25, 0.3) is 0 Å². The molecule has 1 aliphatic rings. The Hall–Kier alpha value is -0.0400. The van der Waals surface area contributed by atoms with Gasteiger partial charge in [-0.05, 0) is 42.4 Å². The van der Waals surface area contributed by atoms with Crippen LogP contribution in [0.25, 0.3) is 0 Å². The summed E-state index contributed by atoms with van der Waals surface area (Å²) in [5.74, 6) is 0.739. The molecule has 0 aromatic carbocycles. The van der Waals surface area contributed by atoms with Crippen molar-refractivity contribution in [3.63, 3.8) is 0 Å². The van der Waals surface area contributed by atoms with Gasteiger partial charge < -0.3 is 5.73 Å². The molecule has 0 aromatic heterocycles. The van der Waals surface area contributed by atoms with Crippen molar-refractivity contribution in [2.75, 3.05) is 0 Å². The van der Waals surface area contributed by atoms with E-state index in [-0.39, 0.29) is 0 Å². The molecule has 1 saturated carbocycles. The summed E-state index contributed by atoms with van der Waals surface area (Å²) >= 11 is 0. The molecule has 0 amide bonds. The van der Waals surface area contributed by atoms with Gasteiger partial charge in [0, 0.05) is 6.04 Å². The van der Waals surface area contributed by atoms with Gasteiger partial charge in [0.15, 0.2) is 0 Å². The van der Waals surface area contributed by atoms with Gasteiger partial charge in [0.2, 0.25) is 0 Å². The zero-order valence-electron chi connectivity index (χ0n) is 12.0. The molecular formula is C15H31N. The van der Waals surface area contributed by atoms with E-state index >= 15 is 0 Å². The SMILES string of the molecule is CC(C)(C)CCC(N)C1CCCCC1(C)C. The van der Waals surface area contributed by atoms with Gasteiger partial charge in [-0.2, -0.15) is 0 Å². The van der Waals surface area contributed by atoms with Crippen LogP contribution in [-0.2, 0) is 0 Å². The molecule has 1 nitrogen and oxygen atoms in total. The summed E-state index contributed by atoms with van der Waals surface area (Å²) in [6.45, 7) is 11.8. The third-order valence-corrected chi connectivity index (χ3v) is 4.33. The van der Waals surface area contributed by atoms with Crippen LogP contribution in [0.15, 0.2) is 0 Å². The lowest BCUT2D eigenvalue weighted by molar-refractivity contribution is 0.104. The minimum atomic E-state index is 0.412. The molecule has 1 rings (SSSR count). The van der Waals surface area contributed by atoms with Gasteiger partial charge in [0.05, 0.1) is 0 Å². The average Bonchev–Trinajstić information content (AvgIpc) is 2.12. The van der Waals surface area contributed by atoms with Crippen LogP contribution in [0.4, 0.5) is 0 Å². The summed E-state index contributed by atoms with van der Waals surface area (Å²) in [5.41, 5.74) is 7.33. The zero-order chi connectivity index (χ0) is 12.4. The smallest absolute Gasteiger partial charge is 0.00724 e. The second kappa shape index (κ2) is 5.08. The standard InChI is InChI=1S/C15H31N/c1-14(2,3)11-9-13(16)12-8-6-7-10-15(12,4)5/h12-13H,6-11,16H2,1-5H3. The van der Waals surface area contributed by atoms with E-state index in [0.717, 1.165) is 5.92 Å². The first-order valence-corrected chi connectivity index (χ1v) is 6.98. The Morgan fingerprint density at radius 3 is 2.38 bits per heavy atom. The van der Waals surface area contributed by atoms with Crippen molar-refractivity contribution in [1.29, 1.82) is 0 Å². The van der Waals surface area contributed by atoms with Crippen LogP contribution in [0.2, 0.25) is 0 Å². The first-order valence-electron chi connectivity index (χ1n) is 6.98. The van der Waals surface area contributed by atoms with Crippen molar-refractivity contribution in [1.82, 2.24) is 0 Å². The molecular weight excluding hydrogens is 194 g/mol. The molecule has 1 aliphatic carbocycles. The quantitative estimate of drug-likeness (QED) is 0.759. The first-order chi connectivity index (χ1) is 7.22. The molecule has 0 aliphatic heterocycles. The van der Waals surface area contributed by atoms with Gasteiger partial charge in [-0.3, -0.25) is 0 Å². The Morgan fingerprint density at radius 2 is 1.88 bits per heavy atom. The van der Waals surface area contributed by atoms with E-state index in [9.17, 15) is 0 Å². The van der Waals surface area contributed by atoms with E-state index in [1.54, 1.807) is 0 Å². The van der Waals surface area contributed by atoms with Crippen LogP contribution in [0, 0.1) is 16.7 Å². The number of nitrogens with two attached hydrogens (primary N) is 1. The maximum Gasteiger partial charge on any atom is 0.00724 e. The summed E-state index contributed by atoms with van der Waals surface area (Å²) in [4.78, 5) is 0. The Morgan fingerprint density at radius 1 is 1.25 bits per heavy atom. The minimum Gasteiger partial charge on any atom is -0.327 e. The van der Waals surface area contributed by atoms with E-state index in [0.29, 0.717) is 16.9 Å². The molecule has 0 spiro atoms. The van der Waals surface area contributed by atoms with Gasteiger partial charge in [-0.1, -0.05) is 47.5 Å². The summed E-state index contributed by atoms with van der Waals surface area (Å²) in [7, 11) is 0. The van der Waals surface area contributed by atoms with E-state index in [1.807, 2.05) is 0 Å². The third-order valence-electron chi connectivity index (χ3n) is 4.33. The van der Waals surface area contributed by atoms with Gasteiger partial charge in [-0.15, -0.1) is 0 Å². The van der Waals surface area contributed by atoms with E-state index in [1.165, 1.54) is 38.5 Å². The fourth-order valence-electron chi connectivity index (χ4n) is 3.12. The molecule has 0 saturated heterocycles. The van der Waals surface area contributed by atoms with Crippen LogP contribution < -0.4 is 5.73 Å². The highest BCUT2D eigenvalue weighted by molar-refractivity contribution is 4.89. The first kappa shape index (κ1) is 14.0. The average molecular weight is 225 g/mol. The van der Waals surface area contributed by atoms with Crippen molar-refractivity contribution in [3.8, 4) is 0 Å². The third kappa shape index (κ3) is 4.08. The summed E-state index contributed by atoms with van der Waals surface area (Å²) in [5, 5.41) is 0. The minimum absolute atomic E-state index is 0.412. The molecule has 16 heavy (non-hydrogen) atoms. The zero-order valence-corrected chi connectivity index (χ0v) is 12.0. The molecule has 1 heteroatoms. The maximum atomic E-state index is 6.43. The van der Waals surface area contributed by atoms with Crippen LogP contribution in [0.1, 0.15) is 73.1 Å². The molecule has 2 N–H and O–H groups in total. The van der Waals surface area contributed by atoms with Crippen LogP contribution >= 0.6 is 0 Å². The Kier molecular flexibility index (Phi) is 4.45. The second-order valence-electron chi connectivity index (χ2n) is 7.60. The highest BCUT2D eigenvalue weighted by Crippen LogP contribution is 2.43. The highest BCUT2D eigenvalue weighted by atomic mass is 14.7. The lowest BCUT2D eigenvalue weighted by Crippen LogP contribution is -2.42. The van der Waals surface area contributed by atoms with Crippen LogP contribution in [-0.4, -0.2) is 6.04 Å². The Balaban J connectivity index is 2.49. The lowest BCUT2D eigenvalue weighted by atomic mass is 9.65.